The van der Waals surface area contributed by atoms with E-state index in [2.05, 4.69) is 5.32 Å². The molecule has 0 aromatic heterocycles. The van der Waals surface area contributed by atoms with Crippen LogP contribution in [0.4, 0.5) is 0 Å². The van der Waals surface area contributed by atoms with Gasteiger partial charge in [0.25, 0.3) is 0 Å². The second kappa shape index (κ2) is 7.00. The van der Waals surface area contributed by atoms with Gasteiger partial charge in [-0.15, -0.1) is 0 Å². The van der Waals surface area contributed by atoms with Crippen molar-refractivity contribution in [1.29, 1.82) is 0 Å². The monoisotopic (exact) mass is 214 g/mol. The Hall–Kier alpha value is -1.36. The van der Waals surface area contributed by atoms with Crippen molar-refractivity contribution >= 4 is 11.9 Å². The first-order valence-electron chi connectivity index (χ1n) is 4.77. The van der Waals surface area contributed by atoms with E-state index in [9.17, 15) is 9.59 Å². The first-order valence-corrected chi connectivity index (χ1v) is 4.77. The van der Waals surface area contributed by atoms with Crippen LogP contribution in [-0.2, 0) is 9.59 Å². The number of carbonyl (C=O) groups is 2. The van der Waals surface area contributed by atoms with Gasteiger partial charge in [-0.3, -0.25) is 4.79 Å². The molecule has 0 rings (SSSR count). The molecule has 1 unspecified atom stereocenters. The summed E-state index contributed by atoms with van der Waals surface area (Å²) in [5.74, 6) is -1.06. The summed E-state index contributed by atoms with van der Waals surface area (Å²) < 4.78 is 0. The van der Waals surface area contributed by atoms with Crippen LogP contribution in [0.1, 0.15) is 6.92 Å². The van der Waals surface area contributed by atoms with Crippen LogP contribution in [0.25, 0.3) is 0 Å². The fourth-order valence-electron chi connectivity index (χ4n) is 1.20. The van der Waals surface area contributed by atoms with Gasteiger partial charge >= 0.3 is 5.97 Å². The summed E-state index contributed by atoms with van der Waals surface area (Å²) in [5.41, 5.74) is 0. The van der Waals surface area contributed by atoms with Crippen molar-refractivity contribution in [3.8, 4) is 0 Å². The summed E-state index contributed by atoms with van der Waals surface area (Å²) in [5, 5.41) is 10.9. The lowest BCUT2D eigenvalue weighted by atomic mass is 10.1. The lowest BCUT2D eigenvalue weighted by molar-refractivity contribution is -0.131. The van der Waals surface area contributed by atoms with Crippen LogP contribution >= 0.6 is 0 Å². The molecular formula is C10H18N2O3. The fraction of sp³-hybridized carbons (Fsp3) is 0.600. The predicted molar refractivity (Wildman–Crippen MR) is 57.5 cm³/mol. The zero-order chi connectivity index (χ0) is 11.8. The van der Waals surface area contributed by atoms with Crippen LogP contribution in [0, 0.1) is 5.92 Å². The molecule has 5 heteroatoms. The minimum Gasteiger partial charge on any atom is -0.478 e. The number of nitrogens with zero attached hydrogens (tertiary/aromatic N) is 1. The highest BCUT2D eigenvalue weighted by Crippen LogP contribution is 1.97. The number of hydrogen-bond donors (Lipinski definition) is 2. The average molecular weight is 214 g/mol. The van der Waals surface area contributed by atoms with Gasteiger partial charge in [0.05, 0.1) is 0 Å². The Bertz CT molecular complexity index is 251. The van der Waals surface area contributed by atoms with Crippen molar-refractivity contribution in [2.75, 3.05) is 27.2 Å². The summed E-state index contributed by atoms with van der Waals surface area (Å²) >= 11 is 0. The standard InChI is InChI=1S/C10H18N2O3/c1-8(10(15)11-2)7-12(3)6-4-5-9(13)14/h4-5,8H,6-7H2,1-3H3,(H,11,15)(H,13,14)/b5-4+. The van der Waals surface area contributed by atoms with Crippen LogP contribution in [0.3, 0.4) is 0 Å². The Morgan fingerprint density at radius 3 is 2.60 bits per heavy atom. The smallest absolute Gasteiger partial charge is 0.328 e. The SMILES string of the molecule is CNC(=O)C(C)CN(C)C/C=C/C(=O)O. The van der Waals surface area contributed by atoms with Crippen LogP contribution in [0.2, 0.25) is 0 Å². The van der Waals surface area contributed by atoms with E-state index >= 15 is 0 Å². The molecule has 0 saturated carbocycles. The highest BCUT2D eigenvalue weighted by Gasteiger charge is 2.12. The summed E-state index contributed by atoms with van der Waals surface area (Å²) in [6, 6.07) is 0. The minimum atomic E-state index is -0.956. The Morgan fingerprint density at radius 2 is 2.13 bits per heavy atom. The molecular weight excluding hydrogens is 196 g/mol. The Labute approximate surface area is 89.8 Å². The Kier molecular flexibility index (Phi) is 6.37. The van der Waals surface area contributed by atoms with E-state index in [1.807, 2.05) is 18.9 Å². The quantitative estimate of drug-likeness (QED) is 0.608. The van der Waals surface area contributed by atoms with E-state index in [-0.39, 0.29) is 11.8 Å². The average Bonchev–Trinajstić information content (AvgIpc) is 2.15. The van der Waals surface area contributed by atoms with Crippen LogP contribution in [0.15, 0.2) is 12.2 Å². The molecule has 0 fully saturated rings. The second-order valence-electron chi connectivity index (χ2n) is 3.48. The second-order valence-corrected chi connectivity index (χ2v) is 3.48. The first kappa shape index (κ1) is 13.6. The lowest BCUT2D eigenvalue weighted by Crippen LogP contribution is -2.34. The van der Waals surface area contributed by atoms with E-state index in [1.54, 1.807) is 13.1 Å². The first-order chi connectivity index (χ1) is 6.97. The van der Waals surface area contributed by atoms with Crippen molar-refractivity contribution < 1.29 is 14.7 Å². The maximum Gasteiger partial charge on any atom is 0.328 e. The molecule has 0 bridgehead atoms. The molecule has 0 radical (unpaired) electrons. The number of carboxylic acid groups (broad SMARTS) is 1. The summed E-state index contributed by atoms with van der Waals surface area (Å²) in [4.78, 5) is 23.3. The third kappa shape index (κ3) is 6.68. The van der Waals surface area contributed by atoms with Gasteiger partial charge in [0.1, 0.15) is 0 Å². The summed E-state index contributed by atoms with van der Waals surface area (Å²) in [7, 11) is 3.44. The van der Waals surface area contributed by atoms with Crippen molar-refractivity contribution in [2.24, 2.45) is 5.92 Å². The molecule has 1 atom stereocenters. The highest BCUT2D eigenvalue weighted by atomic mass is 16.4. The molecule has 86 valence electrons. The van der Waals surface area contributed by atoms with Crippen LogP contribution < -0.4 is 5.32 Å². The maximum atomic E-state index is 11.2. The molecule has 0 saturated heterocycles. The molecule has 0 aliphatic rings. The minimum absolute atomic E-state index is 0.0101. The van der Waals surface area contributed by atoms with Gasteiger partial charge in [0, 0.05) is 32.1 Å². The number of aliphatic carboxylic acids is 1. The number of carboxylic acids is 1. The molecule has 2 N–H and O–H groups in total. The van der Waals surface area contributed by atoms with E-state index < -0.39 is 5.97 Å². The Balaban J connectivity index is 3.88. The van der Waals surface area contributed by atoms with Gasteiger partial charge < -0.3 is 15.3 Å². The number of likely N-dealkylation sites (N-methyl/N-ethyl adjacent to an activating group) is 1. The van der Waals surface area contributed by atoms with Crippen LogP contribution in [0.5, 0.6) is 0 Å². The zero-order valence-corrected chi connectivity index (χ0v) is 9.36. The van der Waals surface area contributed by atoms with E-state index in [1.165, 1.54) is 0 Å². The zero-order valence-electron chi connectivity index (χ0n) is 9.36. The van der Waals surface area contributed by atoms with Crippen molar-refractivity contribution in [3.05, 3.63) is 12.2 Å². The topological polar surface area (TPSA) is 69.6 Å². The third-order valence-electron chi connectivity index (χ3n) is 1.96. The largest absolute Gasteiger partial charge is 0.478 e. The molecule has 1 amide bonds. The normalized spacial score (nSPS) is 13.1. The summed E-state index contributed by atoms with van der Waals surface area (Å²) in [6.07, 6.45) is 2.65. The summed E-state index contributed by atoms with van der Waals surface area (Å²) in [6.45, 7) is 2.95. The lowest BCUT2D eigenvalue weighted by Gasteiger charge is -2.18. The molecule has 5 nitrogen and oxygen atoms in total. The van der Waals surface area contributed by atoms with Gasteiger partial charge in [-0.1, -0.05) is 13.0 Å². The number of carbonyl (C=O) groups excluding carboxylic acids is 1. The van der Waals surface area contributed by atoms with E-state index in [0.29, 0.717) is 13.1 Å². The molecule has 0 aliphatic heterocycles. The Morgan fingerprint density at radius 1 is 1.53 bits per heavy atom. The number of nitrogens with one attached hydrogen (secondary N) is 1. The van der Waals surface area contributed by atoms with Gasteiger partial charge in [0.2, 0.25) is 5.91 Å². The highest BCUT2D eigenvalue weighted by molar-refractivity contribution is 5.79. The van der Waals surface area contributed by atoms with Gasteiger partial charge in [-0.2, -0.15) is 0 Å². The van der Waals surface area contributed by atoms with Crippen molar-refractivity contribution in [3.63, 3.8) is 0 Å². The van der Waals surface area contributed by atoms with Gasteiger partial charge in [0.15, 0.2) is 0 Å². The molecule has 0 aromatic carbocycles. The molecule has 0 aliphatic carbocycles. The molecule has 0 aromatic rings. The number of rotatable bonds is 6. The molecule has 0 heterocycles. The van der Waals surface area contributed by atoms with E-state index in [0.717, 1.165) is 6.08 Å². The van der Waals surface area contributed by atoms with Crippen molar-refractivity contribution in [1.82, 2.24) is 10.2 Å². The van der Waals surface area contributed by atoms with Gasteiger partial charge in [-0.05, 0) is 7.05 Å². The molecule has 15 heavy (non-hydrogen) atoms. The molecule has 0 spiro atoms. The van der Waals surface area contributed by atoms with Crippen LogP contribution in [-0.4, -0.2) is 49.1 Å². The third-order valence-corrected chi connectivity index (χ3v) is 1.96. The number of hydrogen-bond acceptors (Lipinski definition) is 3. The van der Waals surface area contributed by atoms with Gasteiger partial charge in [-0.25, -0.2) is 4.79 Å². The predicted octanol–water partition coefficient (Wildman–Crippen LogP) is -0.0589. The van der Waals surface area contributed by atoms with E-state index in [4.69, 9.17) is 5.11 Å². The maximum absolute atomic E-state index is 11.2. The fourth-order valence-corrected chi connectivity index (χ4v) is 1.20. The van der Waals surface area contributed by atoms with Crippen molar-refractivity contribution in [2.45, 2.75) is 6.92 Å². The number of amides is 1.